The lowest BCUT2D eigenvalue weighted by Crippen LogP contribution is -2.28. The molecule has 96 valence electrons. The van der Waals surface area contributed by atoms with Crippen LogP contribution in [-0.2, 0) is 4.79 Å². The Kier molecular flexibility index (Phi) is 3.44. The molecule has 1 aromatic heterocycles. The van der Waals surface area contributed by atoms with Crippen molar-refractivity contribution in [3.8, 4) is 0 Å². The van der Waals surface area contributed by atoms with E-state index in [9.17, 15) is 4.79 Å². The highest BCUT2D eigenvalue weighted by Crippen LogP contribution is 2.41. The van der Waals surface area contributed by atoms with Crippen molar-refractivity contribution in [1.29, 1.82) is 0 Å². The minimum atomic E-state index is -0.0281. The number of carbonyl (C=O) groups is 1. The lowest BCUT2D eigenvalue weighted by molar-refractivity contribution is -0.115. The minimum Gasteiger partial charge on any atom is -0.279 e. The van der Waals surface area contributed by atoms with Crippen molar-refractivity contribution in [3.05, 3.63) is 59.2 Å². The van der Waals surface area contributed by atoms with E-state index >= 15 is 0 Å². The van der Waals surface area contributed by atoms with E-state index in [0.717, 1.165) is 5.56 Å². The standard InChI is InChI=1S/C14H11ClN2OS/c15-11-6-4-10(5-7-11)14-17(13(18)9-19-14)12-3-1-2-8-16-12/h1-8,14H,9H2. The van der Waals surface area contributed by atoms with E-state index < -0.39 is 0 Å². The number of thioether (sulfide) groups is 1. The van der Waals surface area contributed by atoms with Gasteiger partial charge in [0.25, 0.3) is 0 Å². The second-order valence-corrected chi connectivity index (χ2v) is 5.67. The molecule has 1 aliphatic heterocycles. The highest BCUT2D eigenvalue weighted by atomic mass is 35.5. The van der Waals surface area contributed by atoms with E-state index in [1.165, 1.54) is 0 Å². The Hall–Kier alpha value is -1.52. The molecule has 1 amide bonds. The van der Waals surface area contributed by atoms with Gasteiger partial charge in [0.15, 0.2) is 0 Å². The van der Waals surface area contributed by atoms with Gasteiger partial charge in [-0.2, -0.15) is 0 Å². The predicted octanol–water partition coefficient (Wildman–Crippen LogP) is 3.51. The molecular weight excluding hydrogens is 280 g/mol. The van der Waals surface area contributed by atoms with Gasteiger partial charge in [-0.15, -0.1) is 11.8 Å². The van der Waals surface area contributed by atoms with E-state index in [4.69, 9.17) is 11.6 Å². The van der Waals surface area contributed by atoms with E-state index in [-0.39, 0.29) is 11.3 Å². The molecule has 3 rings (SSSR count). The molecule has 3 nitrogen and oxygen atoms in total. The zero-order valence-electron chi connectivity index (χ0n) is 9.99. The summed E-state index contributed by atoms with van der Waals surface area (Å²) in [5.74, 6) is 1.25. The molecule has 2 heterocycles. The van der Waals surface area contributed by atoms with Crippen LogP contribution >= 0.6 is 23.4 Å². The third kappa shape index (κ3) is 2.46. The van der Waals surface area contributed by atoms with Gasteiger partial charge in [-0.05, 0) is 29.8 Å². The number of aromatic nitrogens is 1. The first-order valence-corrected chi connectivity index (χ1v) is 7.28. The third-order valence-corrected chi connectivity index (χ3v) is 4.38. The Balaban J connectivity index is 1.97. The molecule has 1 unspecified atom stereocenters. The summed E-state index contributed by atoms with van der Waals surface area (Å²) < 4.78 is 0. The Labute approximate surface area is 120 Å². The molecule has 1 fully saturated rings. The summed E-state index contributed by atoms with van der Waals surface area (Å²) in [4.78, 5) is 18.1. The third-order valence-electron chi connectivity index (χ3n) is 2.92. The van der Waals surface area contributed by atoms with Crippen LogP contribution in [-0.4, -0.2) is 16.6 Å². The summed E-state index contributed by atoms with van der Waals surface area (Å²) in [5, 5.41) is 0.669. The monoisotopic (exact) mass is 290 g/mol. The highest BCUT2D eigenvalue weighted by molar-refractivity contribution is 8.00. The fourth-order valence-corrected chi connectivity index (χ4v) is 3.33. The van der Waals surface area contributed by atoms with Gasteiger partial charge in [0.05, 0.1) is 5.75 Å². The fourth-order valence-electron chi connectivity index (χ4n) is 2.04. The first-order chi connectivity index (χ1) is 9.25. The maximum Gasteiger partial charge on any atom is 0.239 e. The zero-order chi connectivity index (χ0) is 13.2. The number of hydrogen-bond acceptors (Lipinski definition) is 3. The normalized spacial score (nSPS) is 18.9. The lowest BCUT2D eigenvalue weighted by atomic mass is 10.2. The minimum absolute atomic E-state index is 0.0281. The van der Waals surface area contributed by atoms with Crippen molar-refractivity contribution in [2.75, 3.05) is 10.7 Å². The molecule has 0 radical (unpaired) electrons. The SMILES string of the molecule is O=C1CSC(c2ccc(Cl)cc2)N1c1ccccn1. The van der Waals surface area contributed by atoms with Gasteiger partial charge >= 0.3 is 0 Å². The van der Waals surface area contributed by atoms with E-state index in [2.05, 4.69) is 4.98 Å². The molecule has 0 saturated carbocycles. The average molecular weight is 291 g/mol. The van der Waals surface area contributed by atoms with Gasteiger partial charge in [0.2, 0.25) is 5.91 Å². The Morgan fingerprint density at radius 1 is 1.21 bits per heavy atom. The second kappa shape index (κ2) is 5.23. The zero-order valence-corrected chi connectivity index (χ0v) is 11.6. The predicted molar refractivity (Wildman–Crippen MR) is 78.4 cm³/mol. The number of halogens is 1. The van der Waals surface area contributed by atoms with Crippen LogP contribution < -0.4 is 4.90 Å². The first-order valence-electron chi connectivity index (χ1n) is 5.86. The molecule has 1 aromatic carbocycles. The smallest absolute Gasteiger partial charge is 0.239 e. The van der Waals surface area contributed by atoms with Crippen LogP contribution in [0.3, 0.4) is 0 Å². The average Bonchev–Trinajstić information content (AvgIpc) is 2.82. The number of anilines is 1. The fraction of sp³-hybridized carbons (Fsp3) is 0.143. The van der Waals surface area contributed by atoms with Crippen LogP contribution in [0.15, 0.2) is 48.7 Å². The number of pyridine rings is 1. The largest absolute Gasteiger partial charge is 0.279 e. The summed E-state index contributed by atoms with van der Waals surface area (Å²) in [6, 6.07) is 13.2. The highest BCUT2D eigenvalue weighted by Gasteiger charge is 2.34. The summed E-state index contributed by atoms with van der Waals surface area (Å²) in [6.45, 7) is 0. The molecule has 0 N–H and O–H groups in total. The molecule has 1 atom stereocenters. The van der Waals surface area contributed by atoms with Gasteiger partial charge < -0.3 is 0 Å². The maximum atomic E-state index is 12.1. The quantitative estimate of drug-likeness (QED) is 0.848. The van der Waals surface area contributed by atoms with Crippen molar-refractivity contribution in [2.45, 2.75) is 5.37 Å². The molecule has 2 aromatic rings. The molecule has 1 saturated heterocycles. The van der Waals surface area contributed by atoms with Crippen molar-refractivity contribution >= 4 is 35.1 Å². The number of carbonyl (C=O) groups excluding carboxylic acids is 1. The summed E-state index contributed by atoms with van der Waals surface area (Å²) >= 11 is 7.51. The lowest BCUT2D eigenvalue weighted by Gasteiger charge is -2.23. The molecule has 1 aliphatic rings. The van der Waals surface area contributed by atoms with E-state index in [0.29, 0.717) is 16.6 Å². The van der Waals surface area contributed by atoms with Crippen LogP contribution in [0.25, 0.3) is 0 Å². The van der Waals surface area contributed by atoms with Crippen LogP contribution in [0.4, 0.5) is 5.82 Å². The van der Waals surface area contributed by atoms with Gasteiger partial charge in [-0.25, -0.2) is 4.98 Å². The van der Waals surface area contributed by atoms with E-state index in [1.54, 1.807) is 22.9 Å². The molecular formula is C14H11ClN2OS. The number of hydrogen-bond donors (Lipinski definition) is 0. The number of benzene rings is 1. The van der Waals surface area contributed by atoms with Crippen molar-refractivity contribution in [3.63, 3.8) is 0 Å². The topological polar surface area (TPSA) is 33.2 Å². The number of rotatable bonds is 2. The van der Waals surface area contributed by atoms with Crippen LogP contribution in [0, 0.1) is 0 Å². The van der Waals surface area contributed by atoms with Crippen LogP contribution in [0.5, 0.6) is 0 Å². The maximum absolute atomic E-state index is 12.1. The van der Waals surface area contributed by atoms with Gasteiger partial charge in [-0.1, -0.05) is 29.8 Å². The van der Waals surface area contributed by atoms with Crippen molar-refractivity contribution in [2.24, 2.45) is 0 Å². The molecule has 19 heavy (non-hydrogen) atoms. The molecule has 0 bridgehead atoms. The summed E-state index contributed by atoms with van der Waals surface area (Å²) in [6.07, 6.45) is 1.70. The summed E-state index contributed by atoms with van der Waals surface area (Å²) in [7, 11) is 0. The summed E-state index contributed by atoms with van der Waals surface area (Å²) in [5.41, 5.74) is 1.06. The first kappa shape index (κ1) is 12.5. The molecule has 5 heteroatoms. The van der Waals surface area contributed by atoms with Gasteiger partial charge in [0, 0.05) is 11.2 Å². The van der Waals surface area contributed by atoms with Crippen LogP contribution in [0.2, 0.25) is 5.02 Å². The molecule has 0 spiro atoms. The number of amides is 1. The van der Waals surface area contributed by atoms with E-state index in [1.807, 2.05) is 42.5 Å². The molecule has 0 aliphatic carbocycles. The van der Waals surface area contributed by atoms with Gasteiger partial charge in [-0.3, -0.25) is 9.69 Å². The number of nitrogens with zero attached hydrogens (tertiary/aromatic N) is 2. The van der Waals surface area contributed by atoms with Crippen LogP contribution in [0.1, 0.15) is 10.9 Å². The Bertz CT molecular complexity index is 588. The van der Waals surface area contributed by atoms with Crippen molar-refractivity contribution < 1.29 is 4.79 Å². The Morgan fingerprint density at radius 3 is 2.68 bits per heavy atom. The van der Waals surface area contributed by atoms with Crippen molar-refractivity contribution in [1.82, 2.24) is 4.98 Å². The van der Waals surface area contributed by atoms with Gasteiger partial charge in [0.1, 0.15) is 11.2 Å². The second-order valence-electron chi connectivity index (χ2n) is 4.17. The Morgan fingerprint density at radius 2 is 2.00 bits per heavy atom.